The Morgan fingerprint density at radius 1 is 1.22 bits per heavy atom. The minimum atomic E-state index is -0.754. The van der Waals surface area contributed by atoms with Crippen molar-refractivity contribution in [3.63, 3.8) is 0 Å². The number of para-hydroxylation sites is 1. The minimum absolute atomic E-state index is 0.333. The molecule has 0 fully saturated rings. The molecule has 1 aromatic rings. The quantitative estimate of drug-likeness (QED) is 0.428. The maximum Gasteiger partial charge on any atom is 0.514 e. The second-order valence-corrected chi connectivity index (χ2v) is 4.21. The van der Waals surface area contributed by atoms with Gasteiger partial charge in [0.25, 0.3) is 0 Å². The number of carbonyl (C=O) groups excluding carboxylic acids is 1. The van der Waals surface area contributed by atoms with E-state index in [1.807, 2.05) is 13.8 Å². The lowest BCUT2D eigenvalue weighted by atomic mass is 10.2. The molecule has 1 rings (SSSR count). The zero-order chi connectivity index (χ0) is 14.2. The molecule has 0 bridgehead atoms. The molecular weight excluding hydrogens is 228 g/mol. The van der Waals surface area contributed by atoms with Gasteiger partial charge in [-0.15, -0.1) is 6.42 Å². The van der Waals surface area contributed by atoms with Gasteiger partial charge in [-0.3, -0.25) is 0 Å². The lowest BCUT2D eigenvalue weighted by molar-refractivity contribution is 0.0205. The van der Waals surface area contributed by atoms with Crippen LogP contribution in [0.4, 0.5) is 4.79 Å². The van der Waals surface area contributed by atoms with Gasteiger partial charge < -0.3 is 9.47 Å². The largest absolute Gasteiger partial charge is 0.514 e. The van der Waals surface area contributed by atoms with Crippen LogP contribution in [0.5, 0.6) is 5.75 Å². The molecule has 0 aliphatic carbocycles. The molecule has 0 heterocycles. The molecule has 1 aromatic carbocycles. The Kier molecular flexibility index (Phi) is 6.59. The van der Waals surface area contributed by atoms with Crippen LogP contribution in [0.2, 0.25) is 0 Å². The maximum absolute atomic E-state index is 11.4. The molecule has 0 aliphatic heterocycles. The first-order chi connectivity index (χ1) is 8.42. The van der Waals surface area contributed by atoms with E-state index < -0.39 is 11.8 Å². The molecule has 0 aliphatic rings. The molecule has 0 amide bonds. The van der Waals surface area contributed by atoms with Crippen LogP contribution in [0, 0.1) is 12.3 Å². The van der Waals surface area contributed by atoms with Crippen LogP contribution in [0.3, 0.4) is 0 Å². The van der Waals surface area contributed by atoms with Gasteiger partial charge in [0.05, 0.1) is 5.56 Å². The van der Waals surface area contributed by atoms with Gasteiger partial charge in [0, 0.05) is 0 Å². The zero-order valence-electron chi connectivity index (χ0n) is 11.6. The summed E-state index contributed by atoms with van der Waals surface area (Å²) in [6, 6.07) is 6.83. The van der Waals surface area contributed by atoms with Crippen molar-refractivity contribution < 1.29 is 14.3 Å². The van der Waals surface area contributed by atoms with Gasteiger partial charge in [0.2, 0.25) is 0 Å². The molecule has 0 aromatic heterocycles. The summed E-state index contributed by atoms with van der Waals surface area (Å²) in [5.41, 5.74) is -0.0596. The molecule has 3 nitrogen and oxygen atoms in total. The van der Waals surface area contributed by atoms with E-state index in [1.165, 1.54) is 0 Å². The molecule has 0 radical (unpaired) electrons. The molecule has 0 unspecified atom stereocenters. The standard InChI is InChI=1S/C13H14O3.C2H6/c1-5-10-8-6-7-9-11(10)15-12(14)16-13(2,3)4;1-2/h1,6-9H,2-4H3;1-2H3. The van der Waals surface area contributed by atoms with Crippen molar-refractivity contribution in [2.24, 2.45) is 0 Å². The van der Waals surface area contributed by atoms with Gasteiger partial charge in [-0.1, -0.05) is 31.9 Å². The van der Waals surface area contributed by atoms with Crippen LogP contribution in [0.15, 0.2) is 24.3 Å². The van der Waals surface area contributed by atoms with Crippen molar-refractivity contribution in [1.29, 1.82) is 0 Å². The zero-order valence-corrected chi connectivity index (χ0v) is 11.6. The van der Waals surface area contributed by atoms with Crippen LogP contribution in [0.25, 0.3) is 0 Å². The van der Waals surface area contributed by atoms with Crippen molar-refractivity contribution in [1.82, 2.24) is 0 Å². The second kappa shape index (κ2) is 7.39. The summed E-state index contributed by atoms with van der Waals surface area (Å²) < 4.78 is 10.0. The van der Waals surface area contributed by atoms with Gasteiger partial charge in [-0.05, 0) is 32.9 Å². The third-order valence-corrected chi connectivity index (χ3v) is 1.63. The fraction of sp³-hybridized carbons (Fsp3) is 0.400. The van der Waals surface area contributed by atoms with E-state index in [0.717, 1.165) is 0 Å². The summed E-state index contributed by atoms with van der Waals surface area (Å²) in [4.78, 5) is 11.4. The van der Waals surface area contributed by atoms with Crippen molar-refractivity contribution >= 4 is 6.16 Å². The summed E-state index contributed by atoms with van der Waals surface area (Å²) in [6.45, 7) is 9.30. The first-order valence-corrected chi connectivity index (χ1v) is 5.89. The van der Waals surface area contributed by atoms with Gasteiger partial charge in [0.1, 0.15) is 11.4 Å². The highest BCUT2D eigenvalue weighted by Crippen LogP contribution is 2.18. The Hall–Kier alpha value is -1.95. The van der Waals surface area contributed by atoms with E-state index in [0.29, 0.717) is 11.3 Å². The van der Waals surface area contributed by atoms with E-state index in [1.54, 1.807) is 45.0 Å². The monoisotopic (exact) mass is 248 g/mol. The number of terminal acetylenes is 1. The predicted octanol–water partition coefficient (Wildman–Crippen LogP) is 4.01. The van der Waals surface area contributed by atoms with Crippen molar-refractivity contribution in [3.05, 3.63) is 29.8 Å². The average molecular weight is 248 g/mol. The van der Waals surface area contributed by atoms with E-state index in [-0.39, 0.29) is 0 Å². The molecule has 0 spiro atoms. The minimum Gasteiger partial charge on any atom is -0.428 e. The Balaban J connectivity index is 0.00000137. The number of benzene rings is 1. The first-order valence-electron chi connectivity index (χ1n) is 5.89. The number of hydrogen-bond acceptors (Lipinski definition) is 3. The smallest absolute Gasteiger partial charge is 0.428 e. The number of hydrogen-bond donors (Lipinski definition) is 0. The maximum atomic E-state index is 11.4. The summed E-state index contributed by atoms with van der Waals surface area (Å²) in [7, 11) is 0. The summed E-state index contributed by atoms with van der Waals surface area (Å²) in [5, 5.41) is 0. The normalized spacial score (nSPS) is 9.56. The molecule has 0 saturated heterocycles. The van der Waals surface area contributed by atoms with E-state index in [4.69, 9.17) is 15.9 Å². The molecule has 0 N–H and O–H groups in total. The average Bonchev–Trinajstić information content (AvgIpc) is 2.30. The summed E-state index contributed by atoms with van der Waals surface area (Å²) in [5.74, 6) is 2.76. The highest BCUT2D eigenvalue weighted by molar-refractivity contribution is 5.66. The van der Waals surface area contributed by atoms with Crippen molar-refractivity contribution in [2.45, 2.75) is 40.2 Å². The lowest BCUT2D eigenvalue weighted by Crippen LogP contribution is -2.26. The summed E-state index contributed by atoms with van der Waals surface area (Å²) >= 11 is 0. The molecule has 0 atom stereocenters. The Morgan fingerprint density at radius 2 is 1.78 bits per heavy atom. The first kappa shape index (κ1) is 16.1. The van der Waals surface area contributed by atoms with Crippen molar-refractivity contribution in [2.75, 3.05) is 0 Å². The van der Waals surface area contributed by atoms with Gasteiger partial charge in [-0.25, -0.2) is 4.79 Å². The van der Waals surface area contributed by atoms with Gasteiger partial charge in [0.15, 0.2) is 0 Å². The Labute approximate surface area is 109 Å². The van der Waals surface area contributed by atoms with Gasteiger partial charge >= 0.3 is 6.16 Å². The van der Waals surface area contributed by atoms with Crippen LogP contribution in [-0.4, -0.2) is 11.8 Å². The fourth-order valence-corrected chi connectivity index (χ4v) is 1.04. The van der Waals surface area contributed by atoms with E-state index in [9.17, 15) is 4.79 Å². The Morgan fingerprint density at radius 3 is 2.28 bits per heavy atom. The Bertz CT molecular complexity index is 422. The van der Waals surface area contributed by atoms with Crippen LogP contribution >= 0.6 is 0 Å². The third-order valence-electron chi connectivity index (χ3n) is 1.63. The highest BCUT2D eigenvalue weighted by atomic mass is 16.7. The molecule has 0 saturated carbocycles. The van der Waals surface area contributed by atoms with Crippen LogP contribution < -0.4 is 4.74 Å². The molecule has 18 heavy (non-hydrogen) atoms. The lowest BCUT2D eigenvalue weighted by Gasteiger charge is -2.18. The number of carbonyl (C=O) groups is 1. The summed E-state index contributed by atoms with van der Waals surface area (Å²) in [6.07, 6.45) is 4.52. The molecular formula is C15H20O3. The molecule has 3 heteroatoms. The van der Waals surface area contributed by atoms with E-state index in [2.05, 4.69) is 5.92 Å². The van der Waals surface area contributed by atoms with E-state index >= 15 is 0 Å². The SMILES string of the molecule is C#Cc1ccccc1OC(=O)OC(C)(C)C.CC. The second-order valence-electron chi connectivity index (χ2n) is 4.21. The highest BCUT2D eigenvalue weighted by Gasteiger charge is 2.18. The fourth-order valence-electron chi connectivity index (χ4n) is 1.04. The third kappa shape index (κ3) is 5.95. The topological polar surface area (TPSA) is 35.5 Å². The van der Waals surface area contributed by atoms with Crippen LogP contribution in [0.1, 0.15) is 40.2 Å². The molecule has 98 valence electrons. The predicted molar refractivity (Wildman–Crippen MR) is 72.6 cm³/mol. The van der Waals surface area contributed by atoms with Crippen molar-refractivity contribution in [3.8, 4) is 18.1 Å². The number of ether oxygens (including phenoxy) is 2. The van der Waals surface area contributed by atoms with Crippen LogP contribution in [-0.2, 0) is 4.74 Å². The van der Waals surface area contributed by atoms with Gasteiger partial charge in [-0.2, -0.15) is 0 Å². The number of rotatable bonds is 1.